The summed E-state index contributed by atoms with van der Waals surface area (Å²) >= 11 is 0. The number of anilines is 1. The van der Waals surface area contributed by atoms with Crippen molar-refractivity contribution in [3.8, 4) is 5.75 Å². The maximum atomic E-state index is 12.6. The Morgan fingerprint density at radius 1 is 1.20 bits per heavy atom. The van der Waals surface area contributed by atoms with Crippen molar-refractivity contribution in [1.82, 2.24) is 15.0 Å². The zero-order valence-electron chi connectivity index (χ0n) is 16.3. The number of aryl methyl sites for hydroxylation is 1. The lowest BCUT2D eigenvalue weighted by Gasteiger charge is -2.29. The summed E-state index contributed by atoms with van der Waals surface area (Å²) < 4.78 is 31.7. The highest BCUT2D eigenvalue weighted by molar-refractivity contribution is 7.92. The van der Waals surface area contributed by atoms with E-state index in [9.17, 15) is 23.1 Å². The minimum Gasteiger partial charge on any atom is -0.497 e. The summed E-state index contributed by atoms with van der Waals surface area (Å²) in [5.41, 5.74) is 0.160. The van der Waals surface area contributed by atoms with Gasteiger partial charge in [0.05, 0.1) is 24.4 Å². The number of ether oxygens (including phenoxy) is 1. The molecular formula is C19H20N4O6S. The quantitative estimate of drug-likeness (QED) is 0.560. The van der Waals surface area contributed by atoms with Crippen molar-refractivity contribution in [1.29, 1.82) is 0 Å². The third-order valence-electron chi connectivity index (χ3n) is 4.50. The fourth-order valence-electron chi connectivity index (χ4n) is 3.09. The van der Waals surface area contributed by atoms with Crippen LogP contribution in [-0.4, -0.2) is 53.9 Å². The minimum absolute atomic E-state index is 0.129. The first kappa shape index (κ1) is 21.2. The lowest BCUT2D eigenvalue weighted by atomic mass is 10.2. The molecule has 0 aliphatic heterocycles. The summed E-state index contributed by atoms with van der Waals surface area (Å²) in [6.45, 7) is -0.129. The molecule has 0 fully saturated rings. The molecule has 0 saturated heterocycles. The maximum absolute atomic E-state index is 12.6. The number of rotatable bonds is 8. The molecule has 30 heavy (non-hydrogen) atoms. The molecule has 1 aromatic heterocycles. The van der Waals surface area contributed by atoms with Crippen LogP contribution in [0.4, 0.5) is 5.69 Å². The van der Waals surface area contributed by atoms with Gasteiger partial charge in [0.25, 0.3) is 5.56 Å². The molecule has 0 saturated carbocycles. The zero-order chi connectivity index (χ0) is 21.9. The molecule has 1 atom stereocenters. The molecule has 0 aliphatic rings. The van der Waals surface area contributed by atoms with Gasteiger partial charge in [0.2, 0.25) is 10.0 Å². The SMILES string of the molecule is COc1ccc(N(C(CCn2nnc3ccccc3c2=O)C(=O)O)S(C)(=O)=O)cc1. The number of aliphatic carboxylic acids is 1. The molecule has 1 N–H and O–H groups in total. The lowest BCUT2D eigenvalue weighted by Crippen LogP contribution is -2.46. The van der Waals surface area contributed by atoms with Gasteiger partial charge < -0.3 is 9.84 Å². The van der Waals surface area contributed by atoms with E-state index >= 15 is 0 Å². The van der Waals surface area contributed by atoms with E-state index in [1.165, 1.54) is 31.4 Å². The smallest absolute Gasteiger partial charge is 0.327 e. The van der Waals surface area contributed by atoms with Crippen LogP contribution in [0.5, 0.6) is 5.75 Å². The second-order valence-corrected chi connectivity index (χ2v) is 8.39. The molecule has 1 heterocycles. The third kappa shape index (κ3) is 4.40. The van der Waals surface area contributed by atoms with E-state index < -0.39 is 27.6 Å². The van der Waals surface area contributed by atoms with Gasteiger partial charge in [-0.15, -0.1) is 5.10 Å². The minimum atomic E-state index is -3.94. The van der Waals surface area contributed by atoms with Crippen molar-refractivity contribution < 1.29 is 23.1 Å². The number of fused-ring (bicyclic) bond motifs is 1. The molecule has 0 aliphatic carbocycles. The van der Waals surface area contributed by atoms with Gasteiger partial charge in [0, 0.05) is 6.54 Å². The van der Waals surface area contributed by atoms with E-state index in [4.69, 9.17) is 4.74 Å². The maximum Gasteiger partial charge on any atom is 0.327 e. The van der Waals surface area contributed by atoms with Crippen molar-refractivity contribution in [3.05, 3.63) is 58.9 Å². The molecule has 2 aromatic carbocycles. The monoisotopic (exact) mass is 432 g/mol. The molecule has 3 aromatic rings. The number of sulfonamides is 1. The third-order valence-corrected chi connectivity index (χ3v) is 5.68. The average Bonchev–Trinajstić information content (AvgIpc) is 2.71. The van der Waals surface area contributed by atoms with Crippen LogP contribution in [0.3, 0.4) is 0 Å². The molecule has 0 spiro atoms. The highest BCUT2D eigenvalue weighted by Crippen LogP contribution is 2.25. The predicted molar refractivity (Wildman–Crippen MR) is 110 cm³/mol. The number of aromatic nitrogens is 3. The van der Waals surface area contributed by atoms with Crippen molar-refractivity contribution >= 4 is 32.6 Å². The Morgan fingerprint density at radius 2 is 1.87 bits per heavy atom. The van der Waals surface area contributed by atoms with Crippen LogP contribution in [0.25, 0.3) is 10.9 Å². The molecule has 10 nitrogen and oxygen atoms in total. The van der Waals surface area contributed by atoms with Gasteiger partial charge in [-0.1, -0.05) is 17.3 Å². The number of methoxy groups -OCH3 is 1. The first-order valence-corrected chi connectivity index (χ1v) is 10.8. The number of hydrogen-bond acceptors (Lipinski definition) is 7. The fraction of sp³-hybridized carbons (Fsp3) is 0.263. The largest absolute Gasteiger partial charge is 0.497 e. The van der Waals surface area contributed by atoms with Crippen molar-refractivity contribution in [2.24, 2.45) is 0 Å². The normalized spacial score (nSPS) is 12.5. The van der Waals surface area contributed by atoms with E-state index in [-0.39, 0.29) is 18.7 Å². The van der Waals surface area contributed by atoms with Gasteiger partial charge in [-0.2, -0.15) is 0 Å². The van der Waals surface area contributed by atoms with Crippen LogP contribution in [-0.2, 0) is 21.4 Å². The summed E-state index contributed by atoms with van der Waals surface area (Å²) in [5, 5.41) is 17.9. The lowest BCUT2D eigenvalue weighted by molar-refractivity contribution is -0.138. The standard InChI is InChI=1S/C19H20N4O6S/c1-29-14-9-7-13(8-10-14)23(30(2,27)28)17(19(25)26)11-12-22-18(24)15-5-3-4-6-16(15)20-21-22/h3-10,17H,11-12H2,1-2H3,(H,25,26). The summed E-state index contributed by atoms with van der Waals surface area (Å²) in [5.74, 6) is -0.852. The van der Waals surface area contributed by atoms with Gasteiger partial charge in [-0.3, -0.25) is 9.10 Å². The summed E-state index contributed by atoms with van der Waals surface area (Å²) in [6, 6.07) is 11.2. The molecule has 0 bridgehead atoms. The topological polar surface area (TPSA) is 132 Å². The van der Waals surface area contributed by atoms with Crippen molar-refractivity contribution in [2.45, 2.75) is 19.0 Å². The predicted octanol–water partition coefficient (Wildman–Crippen LogP) is 1.11. The Kier molecular flexibility index (Phi) is 6.01. The molecule has 1 unspecified atom stereocenters. The van der Waals surface area contributed by atoms with Crippen LogP contribution in [0.1, 0.15) is 6.42 Å². The summed E-state index contributed by atoms with van der Waals surface area (Å²) in [7, 11) is -2.48. The zero-order valence-corrected chi connectivity index (χ0v) is 17.1. The van der Waals surface area contributed by atoms with Gasteiger partial charge in [0.15, 0.2) is 0 Å². The molecule has 0 amide bonds. The molecule has 158 valence electrons. The van der Waals surface area contributed by atoms with Gasteiger partial charge in [0.1, 0.15) is 17.3 Å². The van der Waals surface area contributed by atoms with E-state index in [1.807, 2.05) is 0 Å². The van der Waals surface area contributed by atoms with E-state index in [0.717, 1.165) is 15.2 Å². The molecule has 11 heteroatoms. The van der Waals surface area contributed by atoms with E-state index in [1.54, 1.807) is 24.3 Å². The van der Waals surface area contributed by atoms with Crippen molar-refractivity contribution in [2.75, 3.05) is 17.7 Å². The van der Waals surface area contributed by atoms with Gasteiger partial charge in [-0.25, -0.2) is 17.9 Å². The Labute approximate surface area is 172 Å². The summed E-state index contributed by atoms with van der Waals surface area (Å²) in [6.07, 6.45) is 0.733. The van der Waals surface area contributed by atoms with Gasteiger partial charge >= 0.3 is 5.97 Å². The number of carboxylic acids is 1. The van der Waals surface area contributed by atoms with E-state index in [2.05, 4.69) is 10.3 Å². The highest BCUT2D eigenvalue weighted by Gasteiger charge is 2.32. The van der Waals surface area contributed by atoms with Crippen molar-refractivity contribution in [3.63, 3.8) is 0 Å². The number of carboxylic acid groups (broad SMARTS) is 1. The van der Waals surface area contributed by atoms with Gasteiger partial charge in [-0.05, 0) is 42.8 Å². The van der Waals surface area contributed by atoms with Crippen LogP contribution < -0.4 is 14.6 Å². The number of carbonyl (C=O) groups is 1. The highest BCUT2D eigenvalue weighted by atomic mass is 32.2. The first-order valence-electron chi connectivity index (χ1n) is 8.91. The van der Waals surface area contributed by atoms with Crippen LogP contribution >= 0.6 is 0 Å². The average molecular weight is 432 g/mol. The molecular weight excluding hydrogens is 412 g/mol. The fourth-order valence-corrected chi connectivity index (χ4v) is 4.25. The Hall–Kier alpha value is -3.47. The van der Waals surface area contributed by atoms with E-state index in [0.29, 0.717) is 16.7 Å². The van der Waals surface area contributed by atoms with Crippen LogP contribution in [0.15, 0.2) is 53.3 Å². The Bertz CT molecular complexity index is 1220. The number of benzene rings is 2. The Morgan fingerprint density at radius 3 is 2.47 bits per heavy atom. The number of nitrogens with zero attached hydrogens (tertiary/aromatic N) is 4. The molecule has 0 radical (unpaired) electrons. The summed E-state index contributed by atoms with van der Waals surface area (Å²) in [4.78, 5) is 24.5. The second kappa shape index (κ2) is 8.49. The molecule has 3 rings (SSSR count). The van der Waals surface area contributed by atoms with Crippen LogP contribution in [0, 0.1) is 0 Å². The number of hydrogen-bond donors (Lipinski definition) is 1. The second-order valence-electron chi connectivity index (χ2n) is 6.53. The first-order chi connectivity index (χ1) is 14.2. The van der Waals surface area contributed by atoms with Crippen LogP contribution in [0.2, 0.25) is 0 Å². The Balaban J connectivity index is 1.94.